The zero-order valence-corrected chi connectivity index (χ0v) is 42.8. The van der Waals surface area contributed by atoms with Gasteiger partial charge in [-0.3, -0.25) is 0 Å². The van der Waals surface area contributed by atoms with E-state index in [0.717, 1.165) is 43.4 Å². The Morgan fingerprint density at radius 2 is 1.13 bits per heavy atom. The van der Waals surface area contributed by atoms with Gasteiger partial charge in [-0.25, -0.2) is 0 Å². The highest BCUT2D eigenvalue weighted by Crippen LogP contribution is 2.69. The van der Waals surface area contributed by atoms with Gasteiger partial charge in [0.1, 0.15) is 104 Å². The summed E-state index contributed by atoms with van der Waals surface area (Å²) in [5, 5.41) is 159. The van der Waals surface area contributed by atoms with E-state index < -0.39 is 167 Å². The van der Waals surface area contributed by atoms with Crippen molar-refractivity contribution in [2.75, 3.05) is 33.0 Å². The Balaban J connectivity index is 0.860. The molecule has 430 valence electrons. The Bertz CT molecular complexity index is 1990. The van der Waals surface area contributed by atoms with Crippen molar-refractivity contribution in [3.05, 3.63) is 23.0 Å². The zero-order chi connectivity index (χ0) is 54.2. The molecule has 5 heterocycles. The molecule has 24 heteroatoms. The van der Waals surface area contributed by atoms with E-state index >= 15 is 0 Å². The number of aliphatic hydroxyl groups is 15. The molecule has 4 saturated heterocycles. The van der Waals surface area contributed by atoms with Crippen LogP contribution >= 0.6 is 0 Å². The maximum absolute atomic E-state index is 12.1. The molecule has 0 radical (unpaired) electrons. The van der Waals surface area contributed by atoms with Gasteiger partial charge in [0, 0.05) is 12.3 Å². The number of hydrogen-bond donors (Lipinski definition) is 15. The van der Waals surface area contributed by atoms with E-state index in [4.69, 9.17) is 42.6 Å². The standard InChI is InChI=1S/C51H82O24/c1-19(18-67-46-42(65)38(61)34(57)29(14-52)70-46)5-8-26-20(2)33-28(68-26)12-24-22-7-6-21-11-27(25(56)13-51(21,4)23(22)9-10-50(24,33)3)69-48-44(40(63)36(59)31(16-54)72-48)75-49-45(41(64)37(60)32(17-55)73-49)74-47-43(66)39(62)35(58)30(15-53)71-47/h6,19,22-25,27-49,52-66H,5,7-18H2,1-4H3/t19-,22+,23-,24-,25+,27+,28-,29+,30+,31+,32+,33-,34+,35+,36+,37+,38-,39-,40-,41-,42+,43+,44+,45+,46+,47-,48?,49+,50-,51-/m0/s1. The van der Waals surface area contributed by atoms with E-state index in [-0.39, 0.29) is 42.3 Å². The van der Waals surface area contributed by atoms with Crippen molar-refractivity contribution in [1.29, 1.82) is 0 Å². The van der Waals surface area contributed by atoms with Crippen molar-refractivity contribution >= 4 is 0 Å². The zero-order valence-electron chi connectivity index (χ0n) is 42.8. The van der Waals surface area contributed by atoms with Crippen LogP contribution in [0.4, 0.5) is 0 Å². The molecule has 24 nitrogen and oxygen atoms in total. The summed E-state index contributed by atoms with van der Waals surface area (Å²) in [5.74, 6) is 2.18. The lowest BCUT2D eigenvalue weighted by atomic mass is 9.47. The topological polar surface area (TPSA) is 387 Å². The van der Waals surface area contributed by atoms with Crippen molar-refractivity contribution in [2.24, 2.45) is 40.4 Å². The summed E-state index contributed by atoms with van der Waals surface area (Å²) in [6.07, 6.45) is -26.9. The molecule has 7 fully saturated rings. The highest BCUT2D eigenvalue weighted by atomic mass is 16.8. The number of fused-ring (bicyclic) bond motifs is 7. The van der Waals surface area contributed by atoms with Gasteiger partial charge < -0.3 is 119 Å². The van der Waals surface area contributed by atoms with Crippen LogP contribution < -0.4 is 0 Å². The quantitative estimate of drug-likeness (QED) is 0.0653. The first-order valence-electron chi connectivity index (χ1n) is 26.8. The third-order valence-electron chi connectivity index (χ3n) is 19.0. The summed E-state index contributed by atoms with van der Waals surface area (Å²) in [6, 6.07) is 0. The Morgan fingerprint density at radius 1 is 0.627 bits per heavy atom. The molecule has 0 spiro atoms. The summed E-state index contributed by atoms with van der Waals surface area (Å²) in [7, 11) is 0. The average molecular weight is 1080 g/mol. The summed E-state index contributed by atoms with van der Waals surface area (Å²) in [6.45, 7) is 6.09. The van der Waals surface area contributed by atoms with E-state index in [1.165, 1.54) is 5.57 Å². The van der Waals surface area contributed by atoms with Crippen LogP contribution in [0, 0.1) is 40.4 Å². The van der Waals surface area contributed by atoms with E-state index in [2.05, 4.69) is 26.8 Å². The van der Waals surface area contributed by atoms with Gasteiger partial charge in [0.2, 0.25) is 0 Å². The van der Waals surface area contributed by atoms with Gasteiger partial charge in [0.25, 0.3) is 0 Å². The maximum Gasteiger partial charge on any atom is 0.187 e. The predicted molar refractivity (Wildman–Crippen MR) is 252 cm³/mol. The first-order chi connectivity index (χ1) is 35.6. The molecule has 1 unspecified atom stereocenters. The lowest BCUT2D eigenvalue weighted by molar-refractivity contribution is -0.397. The van der Waals surface area contributed by atoms with E-state index in [9.17, 15) is 76.6 Å². The molecule has 30 atom stereocenters. The van der Waals surface area contributed by atoms with Gasteiger partial charge in [-0.15, -0.1) is 0 Å². The van der Waals surface area contributed by atoms with Crippen molar-refractivity contribution in [3.63, 3.8) is 0 Å². The fraction of sp³-hybridized carbons (Fsp3) is 0.922. The van der Waals surface area contributed by atoms with Gasteiger partial charge in [-0.2, -0.15) is 0 Å². The highest BCUT2D eigenvalue weighted by Gasteiger charge is 2.65. The third kappa shape index (κ3) is 10.5. The maximum atomic E-state index is 12.1. The van der Waals surface area contributed by atoms with Crippen LogP contribution in [0.15, 0.2) is 23.0 Å². The van der Waals surface area contributed by atoms with Gasteiger partial charge in [-0.05, 0) is 91.9 Å². The minimum Gasteiger partial charge on any atom is -0.494 e. The Morgan fingerprint density at radius 3 is 1.71 bits per heavy atom. The number of aliphatic hydroxyl groups excluding tert-OH is 15. The minimum absolute atomic E-state index is 0.0234. The predicted octanol–water partition coefficient (Wildman–Crippen LogP) is -4.11. The molecule has 9 aliphatic rings. The van der Waals surface area contributed by atoms with Crippen LogP contribution in [0.5, 0.6) is 0 Å². The first kappa shape index (κ1) is 58.0. The fourth-order valence-corrected chi connectivity index (χ4v) is 14.6. The second-order valence-electron chi connectivity index (χ2n) is 23.4. The normalized spacial score (nSPS) is 52.3. The monoisotopic (exact) mass is 1080 g/mol. The van der Waals surface area contributed by atoms with Crippen LogP contribution in [-0.2, 0) is 42.6 Å². The van der Waals surface area contributed by atoms with Crippen molar-refractivity contribution in [2.45, 2.75) is 220 Å². The van der Waals surface area contributed by atoms with Crippen molar-refractivity contribution in [1.82, 2.24) is 0 Å². The lowest BCUT2D eigenvalue weighted by Gasteiger charge is -2.59. The molecule has 0 aromatic carbocycles. The number of allylic oxidation sites excluding steroid dienone is 2. The average Bonchev–Trinajstić information content (AvgIpc) is 3.92. The molecule has 3 saturated carbocycles. The Kier molecular flexibility index (Phi) is 17.9. The highest BCUT2D eigenvalue weighted by molar-refractivity contribution is 5.30. The number of hydrogen-bond acceptors (Lipinski definition) is 24. The Hall–Kier alpha value is -1.64. The molecule has 5 aliphatic heterocycles. The summed E-state index contributed by atoms with van der Waals surface area (Å²) < 4.78 is 53.9. The number of ether oxygens (including phenoxy) is 9. The first-order valence-corrected chi connectivity index (χ1v) is 26.8. The van der Waals surface area contributed by atoms with Gasteiger partial charge >= 0.3 is 0 Å². The SMILES string of the molecule is CC1=C(CC[C@H](C)CO[C@@H]2O[C@H](CO)[C@@H](O)[C@H](O)[C@H]2O)O[C@H]2C[C@H]3[C@@H]4CC=C5C[C@@H](OC6O[C@H](CO)[C@@H](O)[C@H](O)[C@H]6O[C@H]6O[C@H](CO)[C@@H](O)[C@H](O)[C@H]6O[C@@H]6O[C@H](CO)[C@@H](O)[C@H](O)[C@H]6O)[C@H](O)C[C@]5(C)[C@H]4CC[C@]3(C)[C@@H]12. The molecule has 9 rings (SSSR count). The van der Waals surface area contributed by atoms with Crippen LogP contribution in [0.1, 0.15) is 79.1 Å². The van der Waals surface area contributed by atoms with Crippen LogP contribution in [0.3, 0.4) is 0 Å². The third-order valence-corrected chi connectivity index (χ3v) is 19.0. The molecule has 0 bridgehead atoms. The van der Waals surface area contributed by atoms with E-state index in [1.54, 1.807) is 0 Å². The molecule has 0 aromatic heterocycles. The second kappa shape index (κ2) is 23.1. The molecular weight excluding hydrogens is 997 g/mol. The largest absolute Gasteiger partial charge is 0.494 e. The van der Waals surface area contributed by atoms with Crippen molar-refractivity contribution < 1.29 is 119 Å². The summed E-state index contributed by atoms with van der Waals surface area (Å²) in [5.41, 5.74) is 1.93. The Labute approximate surface area is 434 Å². The molecule has 0 amide bonds. The summed E-state index contributed by atoms with van der Waals surface area (Å²) in [4.78, 5) is 0. The molecule has 0 aromatic rings. The second-order valence-corrected chi connectivity index (χ2v) is 23.4. The van der Waals surface area contributed by atoms with Crippen molar-refractivity contribution in [3.8, 4) is 0 Å². The lowest BCUT2D eigenvalue weighted by Crippen LogP contribution is -2.67. The van der Waals surface area contributed by atoms with Gasteiger partial charge in [-0.1, -0.05) is 32.4 Å². The number of rotatable bonds is 16. The smallest absolute Gasteiger partial charge is 0.187 e. The molecule has 15 N–H and O–H groups in total. The summed E-state index contributed by atoms with van der Waals surface area (Å²) >= 11 is 0. The van der Waals surface area contributed by atoms with Gasteiger partial charge in [0.05, 0.1) is 51.0 Å². The van der Waals surface area contributed by atoms with Crippen LogP contribution in [0.2, 0.25) is 0 Å². The van der Waals surface area contributed by atoms with Crippen LogP contribution in [0.25, 0.3) is 0 Å². The van der Waals surface area contributed by atoms with Gasteiger partial charge in [0.15, 0.2) is 25.2 Å². The molecular formula is C51H82O24. The van der Waals surface area contributed by atoms with Crippen LogP contribution in [-0.4, -0.2) is 251 Å². The fourth-order valence-electron chi connectivity index (χ4n) is 14.6. The van der Waals surface area contributed by atoms with E-state index in [0.29, 0.717) is 24.7 Å². The van der Waals surface area contributed by atoms with E-state index in [1.807, 2.05) is 6.92 Å². The molecule has 4 aliphatic carbocycles. The molecule has 75 heavy (non-hydrogen) atoms. The minimum atomic E-state index is -1.95.